The highest BCUT2D eigenvalue weighted by atomic mass is 16.6. The van der Waals surface area contributed by atoms with E-state index in [1.165, 1.54) is 12.6 Å². The average Bonchev–Trinajstić information content (AvgIpc) is 2.80. The third-order valence-electron chi connectivity index (χ3n) is 3.00. The molecule has 1 saturated heterocycles. The first-order valence-corrected chi connectivity index (χ1v) is 5.72. The van der Waals surface area contributed by atoms with E-state index in [0.717, 1.165) is 31.0 Å². The standard InChI is InChI=1S/C11H16N4O2/c1-8-4-10(15(16)17)7-14-11(8)13-6-9-2-3-12-5-9/h4,7,9,12H,2-3,5-6H2,1H3,(H,13,14). The zero-order valence-corrected chi connectivity index (χ0v) is 9.77. The molecule has 1 aromatic heterocycles. The molecule has 2 N–H and O–H groups in total. The van der Waals surface area contributed by atoms with Gasteiger partial charge in [-0.05, 0) is 37.9 Å². The van der Waals surface area contributed by atoms with Crippen LogP contribution < -0.4 is 10.6 Å². The smallest absolute Gasteiger partial charge is 0.287 e. The maximum Gasteiger partial charge on any atom is 0.287 e. The van der Waals surface area contributed by atoms with Gasteiger partial charge in [0.1, 0.15) is 12.0 Å². The van der Waals surface area contributed by atoms with E-state index in [0.29, 0.717) is 5.92 Å². The molecule has 1 fully saturated rings. The summed E-state index contributed by atoms with van der Waals surface area (Å²) in [5.74, 6) is 1.36. The van der Waals surface area contributed by atoms with Crippen molar-refractivity contribution in [1.82, 2.24) is 10.3 Å². The first kappa shape index (κ1) is 11.8. The zero-order valence-electron chi connectivity index (χ0n) is 9.77. The summed E-state index contributed by atoms with van der Waals surface area (Å²) >= 11 is 0. The van der Waals surface area contributed by atoms with Crippen LogP contribution in [0.2, 0.25) is 0 Å². The summed E-state index contributed by atoms with van der Waals surface area (Å²) in [5, 5.41) is 17.1. The van der Waals surface area contributed by atoms with E-state index in [1.807, 2.05) is 6.92 Å². The molecule has 0 spiro atoms. The Kier molecular flexibility index (Phi) is 3.53. The number of nitro groups is 1. The van der Waals surface area contributed by atoms with E-state index in [9.17, 15) is 10.1 Å². The Morgan fingerprint density at radius 1 is 1.71 bits per heavy atom. The minimum absolute atomic E-state index is 0.0376. The van der Waals surface area contributed by atoms with Crippen LogP contribution in [0.1, 0.15) is 12.0 Å². The molecule has 2 heterocycles. The lowest BCUT2D eigenvalue weighted by Gasteiger charge is -2.12. The van der Waals surface area contributed by atoms with Crippen LogP contribution in [0.15, 0.2) is 12.3 Å². The second kappa shape index (κ2) is 5.09. The van der Waals surface area contributed by atoms with Crippen molar-refractivity contribution >= 4 is 11.5 Å². The predicted molar refractivity (Wildman–Crippen MR) is 65.1 cm³/mol. The molecule has 0 saturated carbocycles. The Hall–Kier alpha value is -1.69. The van der Waals surface area contributed by atoms with E-state index < -0.39 is 4.92 Å². The molecule has 1 unspecified atom stereocenters. The third kappa shape index (κ3) is 2.91. The molecule has 1 aromatic rings. The lowest BCUT2D eigenvalue weighted by atomic mass is 10.1. The van der Waals surface area contributed by atoms with Crippen molar-refractivity contribution in [2.45, 2.75) is 13.3 Å². The van der Waals surface area contributed by atoms with E-state index in [4.69, 9.17) is 0 Å². The molecule has 1 aliphatic rings. The van der Waals surface area contributed by atoms with Crippen molar-refractivity contribution in [1.29, 1.82) is 0 Å². The van der Waals surface area contributed by atoms with Crippen LogP contribution in [0.3, 0.4) is 0 Å². The molecule has 0 bridgehead atoms. The van der Waals surface area contributed by atoms with E-state index in [2.05, 4.69) is 15.6 Å². The average molecular weight is 236 g/mol. The third-order valence-corrected chi connectivity index (χ3v) is 3.00. The van der Waals surface area contributed by atoms with Gasteiger partial charge < -0.3 is 10.6 Å². The molecule has 6 heteroatoms. The van der Waals surface area contributed by atoms with Crippen LogP contribution in [0.25, 0.3) is 0 Å². The molecule has 17 heavy (non-hydrogen) atoms. The summed E-state index contributed by atoms with van der Waals surface area (Å²) in [5.41, 5.74) is 0.848. The Morgan fingerprint density at radius 3 is 3.12 bits per heavy atom. The number of nitrogens with zero attached hydrogens (tertiary/aromatic N) is 2. The first-order valence-electron chi connectivity index (χ1n) is 5.72. The van der Waals surface area contributed by atoms with E-state index in [-0.39, 0.29) is 5.69 Å². The number of hydrogen-bond donors (Lipinski definition) is 2. The summed E-state index contributed by atoms with van der Waals surface area (Å²) in [6.07, 6.45) is 2.46. The van der Waals surface area contributed by atoms with Gasteiger partial charge in [0.05, 0.1) is 4.92 Å². The molecule has 0 radical (unpaired) electrons. The number of aromatic nitrogens is 1. The topological polar surface area (TPSA) is 80.1 Å². The van der Waals surface area contributed by atoms with Gasteiger partial charge in [0.25, 0.3) is 5.69 Å². The fourth-order valence-electron chi connectivity index (χ4n) is 1.97. The molecule has 1 aliphatic heterocycles. The highest BCUT2D eigenvalue weighted by molar-refractivity contribution is 5.48. The van der Waals surface area contributed by atoms with Gasteiger partial charge in [0, 0.05) is 12.6 Å². The van der Waals surface area contributed by atoms with Gasteiger partial charge in [0.15, 0.2) is 0 Å². The van der Waals surface area contributed by atoms with Crippen LogP contribution in [-0.2, 0) is 0 Å². The summed E-state index contributed by atoms with van der Waals surface area (Å²) in [6, 6.07) is 1.54. The molecular formula is C11H16N4O2. The number of aryl methyl sites for hydroxylation is 1. The van der Waals surface area contributed by atoms with Gasteiger partial charge in [-0.2, -0.15) is 0 Å². The number of anilines is 1. The second-order valence-electron chi connectivity index (χ2n) is 4.36. The maximum absolute atomic E-state index is 10.6. The fraction of sp³-hybridized carbons (Fsp3) is 0.545. The lowest BCUT2D eigenvalue weighted by molar-refractivity contribution is -0.385. The Balaban J connectivity index is 1.98. The number of pyridine rings is 1. The minimum atomic E-state index is -0.426. The predicted octanol–water partition coefficient (Wildman–Crippen LogP) is 1.32. The van der Waals surface area contributed by atoms with Crippen molar-refractivity contribution in [2.24, 2.45) is 5.92 Å². The van der Waals surface area contributed by atoms with Crippen molar-refractivity contribution in [2.75, 3.05) is 25.0 Å². The van der Waals surface area contributed by atoms with Crippen LogP contribution in [-0.4, -0.2) is 29.5 Å². The monoisotopic (exact) mass is 236 g/mol. The molecular weight excluding hydrogens is 220 g/mol. The largest absolute Gasteiger partial charge is 0.370 e. The normalized spacial score (nSPS) is 19.2. The molecule has 1 atom stereocenters. The number of rotatable bonds is 4. The summed E-state index contributed by atoms with van der Waals surface area (Å²) in [6.45, 7) is 4.78. The van der Waals surface area contributed by atoms with Crippen LogP contribution in [0, 0.1) is 23.0 Å². The Bertz CT molecular complexity index is 416. The molecule has 0 aromatic carbocycles. The van der Waals surface area contributed by atoms with Crippen LogP contribution in [0.5, 0.6) is 0 Å². The van der Waals surface area contributed by atoms with Gasteiger partial charge in [0.2, 0.25) is 0 Å². The molecule has 2 rings (SSSR count). The quantitative estimate of drug-likeness (QED) is 0.608. The highest BCUT2D eigenvalue weighted by Crippen LogP contribution is 2.18. The molecule has 0 aliphatic carbocycles. The molecule has 6 nitrogen and oxygen atoms in total. The summed E-state index contributed by atoms with van der Waals surface area (Å²) < 4.78 is 0. The maximum atomic E-state index is 10.6. The first-order chi connectivity index (χ1) is 8.16. The zero-order chi connectivity index (χ0) is 12.3. The SMILES string of the molecule is Cc1cc([N+](=O)[O-])cnc1NCC1CCNC1. The highest BCUT2D eigenvalue weighted by Gasteiger charge is 2.15. The Labute approximate surface area is 99.6 Å². The van der Waals surface area contributed by atoms with Crippen molar-refractivity contribution < 1.29 is 4.92 Å². The second-order valence-corrected chi connectivity index (χ2v) is 4.36. The van der Waals surface area contributed by atoms with Gasteiger partial charge >= 0.3 is 0 Å². The van der Waals surface area contributed by atoms with Crippen LogP contribution in [0.4, 0.5) is 11.5 Å². The molecule has 92 valence electrons. The van der Waals surface area contributed by atoms with Crippen molar-refractivity contribution in [3.05, 3.63) is 27.9 Å². The van der Waals surface area contributed by atoms with Gasteiger partial charge in [-0.3, -0.25) is 10.1 Å². The lowest BCUT2D eigenvalue weighted by Crippen LogP contribution is -2.18. The fourth-order valence-corrected chi connectivity index (χ4v) is 1.97. The number of hydrogen-bond acceptors (Lipinski definition) is 5. The van der Waals surface area contributed by atoms with Gasteiger partial charge in [-0.1, -0.05) is 0 Å². The minimum Gasteiger partial charge on any atom is -0.370 e. The number of nitrogens with one attached hydrogen (secondary N) is 2. The van der Waals surface area contributed by atoms with Crippen LogP contribution >= 0.6 is 0 Å². The molecule has 0 amide bonds. The summed E-state index contributed by atoms with van der Waals surface area (Å²) in [7, 11) is 0. The van der Waals surface area contributed by atoms with Crippen molar-refractivity contribution in [3.63, 3.8) is 0 Å². The van der Waals surface area contributed by atoms with E-state index in [1.54, 1.807) is 6.07 Å². The van der Waals surface area contributed by atoms with E-state index >= 15 is 0 Å². The Morgan fingerprint density at radius 2 is 2.53 bits per heavy atom. The summed E-state index contributed by atoms with van der Waals surface area (Å²) in [4.78, 5) is 14.2. The van der Waals surface area contributed by atoms with Gasteiger partial charge in [-0.15, -0.1) is 0 Å². The van der Waals surface area contributed by atoms with Crippen molar-refractivity contribution in [3.8, 4) is 0 Å². The van der Waals surface area contributed by atoms with Gasteiger partial charge in [-0.25, -0.2) is 4.98 Å².